The minimum Gasteiger partial charge on any atom is -0.389 e. The lowest BCUT2D eigenvalue weighted by Gasteiger charge is -2.30. The molecule has 5 nitrogen and oxygen atoms in total. The van der Waals surface area contributed by atoms with Gasteiger partial charge in [0.25, 0.3) is 0 Å². The minimum atomic E-state index is -3.69. The number of thiocarbonyl (C=S) groups is 1. The lowest BCUT2D eigenvalue weighted by atomic mass is 10.1. The lowest BCUT2D eigenvalue weighted by Crippen LogP contribution is -2.46. The number of halogens is 1. The van der Waals surface area contributed by atoms with E-state index in [0.29, 0.717) is 12.1 Å². The summed E-state index contributed by atoms with van der Waals surface area (Å²) < 4.78 is 27.7. The Labute approximate surface area is 135 Å². The number of hydrogen-bond donors (Lipinski definition) is 2. The fourth-order valence-electron chi connectivity index (χ4n) is 2.41. The summed E-state index contributed by atoms with van der Waals surface area (Å²) in [7, 11) is -1.72. The van der Waals surface area contributed by atoms with Crippen LogP contribution >= 0.6 is 23.8 Å². The van der Waals surface area contributed by atoms with Crippen LogP contribution in [0.3, 0.4) is 0 Å². The molecule has 21 heavy (non-hydrogen) atoms. The van der Waals surface area contributed by atoms with Crippen molar-refractivity contribution in [2.45, 2.75) is 23.8 Å². The summed E-state index contributed by atoms with van der Waals surface area (Å²) in [6.07, 6.45) is 1.78. The molecule has 0 aliphatic carbocycles. The Morgan fingerprint density at radius 2 is 2.24 bits per heavy atom. The summed E-state index contributed by atoms with van der Waals surface area (Å²) in [5, 5.41) is 0.159. The monoisotopic (exact) mass is 347 g/mol. The van der Waals surface area contributed by atoms with Crippen molar-refractivity contribution in [3.05, 3.63) is 28.8 Å². The standard InChI is InChI=1S/C13H18ClN3O2S2/c1-17-6-2-3-10(8-17)16-21(18,19)12-7-9(13(15)20)4-5-11(12)14/h4-5,7,10,16H,2-3,6,8H2,1H3,(H2,15,20). The van der Waals surface area contributed by atoms with E-state index in [9.17, 15) is 8.42 Å². The Morgan fingerprint density at radius 1 is 1.52 bits per heavy atom. The Kier molecular flexibility index (Phi) is 5.21. The molecule has 116 valence electrons. The van der Waals surface area contributed by atoms with Crippen LogP contribution in [-0.2, 0) is 10.0 Å². The van der Waals surface area contributed by atoms with Gasteiger partial charge in [-0.3, -0.25) is 0 Å². The number of likely N-dealkylation sites (N-methyl/N-ethyl adjacent to an activating group) is 1. The van der Waals surface area contributed by atoms with Gasteiger partial charge in [0, 0.05) is 18.2 Å². The van der Waals surface area contributed by atoms with Crippen LogP contribution in [0.2, 0.25) is 5.02 Å². The Balaban J connectivity index is 2.26. The van der Waals surface area contributed by atoms with Crippen molar-refractivity contribution in [2.24, 2.45) is 5.73 Å². The number of nitrogens with one attached hydrogen (secondary N) is 1. The van der Waals surface area contributed by atoms with E-state index >= 15 is 0 Å². The van der Waals surface area contributed by atoms with Crippen LogP contribution in [0.25, 0.3) is 0 Å². The van der Waals surface area contributed by atoms with Gasteiger partial charge in [0.2, 0.25) is 10.0 Å². The lowest BCUT2D eigenvalue weighted by molar-refractivity contribution is 0.242. The van der Waals surface area contributed by atoms with Crippen LogP contribution in [-0.4, -0.2) is 44.5 Å². The topological polar surface area (TPSA) is 75.4 Å². The number of benzene rings is 1. The molecule has 0 aromatic heterocycles. The average molecular weight is 348 g/mol. The van der Waals surface area contributed by atoms with E-state index in [0.717, 1.165) is 19.4 Å². The van der Waals surface area contributed by atoms with Gasteiger partial charge in [0.05, 0.1) is 5.02 Å². The highest BCUT2D eigenvalue weighted by atomic mass is 35.5. The van der Waals surface area contributed by atoms with Crippen LogP contribution in [0.1, 0.15) is 18.4 Å². The van der Waals surface area contributed by atoms with Crippen LogP contribution in [0.4, 0.5) is 0 Å². The maximum atomic E-state index is 12.5. The second-order valence-electron chi connectivity index (χ2n) is 5.23. The second-order valence-corrected chi connectivity index (χ2v) is 7.76. The number of rotatable bonds is 4. The highest BCUT2D eigenvalue weighted by molar-refractivity contribution is 7.89. The van der Waals surface area contributed by atoms with E-state index in [1.807, 2.05) is 7.05 Å². The van der Waals surface area contributed by atoms with E-state index in [1.165, 1.54) is 12.1 Å². The van der Waals surface area contributed by atoms with Gasteiger partial charge in [-0.15, -0.1) is 0 Å². The third-order valence-electron chi connectivity index (χ3n) is 3.45. The molecule has 0 saturated carbocycles. The highest BCUT2D eigenvalue weighted by Crippen LogP contribution is 2.23. The quantitative estimate of drug-likeness (QED) is 0.804. The number of piperidine rings is 1. The van der Waals surface area contributed by atoms with E-state index in [-0.39, 0.29) is 20.9 Å². The van der Waals surface area contributed by atoms with Gasteiger partial charge in [0.15, 0.2) is 0 Å². The van der Waals surface area contributed by atoms with Crippen molar-refractivity contribution in [3.8, 4) is 0 Å². The van der Waals surface area contributed by atoms with Gasteiger partial charge in [-0.05, 0) is 38.6 Å². The molecule has 1 aliphatic rings. The van der Waals surface area contributed by atoms with E-state index in [1.54, 1.807) is 6.07 Å². The van der Waals surface area contributed by atoms with Crippen LogP contribution in [0.15, 0.2) is 23.1 Å². The summed E-state index contributed by atoms with van der Waals surface area (Å²) in [6, 6.07) is 4.41. The molecule has 1 saturated heterocycles. The molecular formula is C13H18ClN3O2S2. The predicted octanol–water partition coefficient (Wildman–Crippen LogP) is 1.35. The Bertz CT molecular complexity index is 649. The first-order valence-electron chi connectivity index (χ1n) is 6.60. The highest BCUT2D eigenvalue weighted by Gasteiger charge is 2.25. The SMILES string of the molecule is CN1CCCC(NS(=O)(=O)c2cc(C(N)=S)ccc2Cl)C1. The zero-order valence-electron chi connectivity index (χ0n) is 11.7. The van der Waals surface area contributed by atoms with Crippen molar-refractivity contribution in [2.75, 3.05) is 20.1 Å². The Hall–Kier alpha value is -0.730. The van der Waals surface area contributed by atoms with Gasteiger partial charge in [-0.2, -0.15) is 0 Å². The molecule has 3 N–H and O–H groups in total. The number of nitrogens with two attached hydrogens (primary N) is 1. The molecule has 0 radical (unpaired) electrons. The molecule has 2 rings (SSSR count). The first kappa shape index (κ1) is 16.6. The average Bonchev–Trinajstić information content (AvgIpc) is 2.38. The maximum absolute atomic E-state index is 12.5. The summed E-state index contributed by atoms with van der Waals surface area (Å²) in [5.74, 6) is 0. The summed E-state index contributed by atoms with van der Waals surface area (Å²) in [6.45, 7) is 1.67. The van der Waals surface area contributed by atoms with E-state index in [2.05, 4.69) is 9.62 Å². The number of nitrogens with zero attached hydrogens (tertiary/aromatic N) is 1. The third kappa shape index (κ3) is 4.14. The molecule has 1 aliphatic heterocycles. The van der Waals surface area contributed by atoms with Gasteiger partial charge < -0.3 is 10.6 Å². The zero-order valence-corrected chi connectivity index (χ0v) is 14.1. The van der Waals surface area contributed by atoms with Gasteiger partial charge >= 0.3 is 0 Å². The predicted molar refractivity (Wildman–Crippen MR) is 88.2 cm³/mol. The third-order valence-corrected chi connectivity index (χ3v) is 5.69. The smallest absolute Gasteiger partial charge is 0.242 e. The molecular weight excluding hydrogens is 330 g/mol. The summed E-state index contributed by atoms with van der Waals surface area (Å²) >= 11 is 10.9. The van der Waals surface area contributed by atoms with E-state index in [4.69, 9.17) is 29.6 Å². The molecule has 0 bridgehead atoms. The minimum absolute atomic E-state index is 0.0164. The van der Waals surface area contributed by atoms with E-state index < -0.39 is 10.0 Å². The number of sulfonamides is 1. The fraction of sp³-hybridized carbons (Fsp3) is 0.462. The molecule has 8 heteroatoms. The molecule has 1 aromatic carbocycles. The van der Waals surface area contributed by atoms with Crippen molar-refractivity contribution in [3.63, 3.8) is 0 Å². The van der Waals surface area contributed by atoms with Crippen LogP contribution in [0.5, 0.6) is 0 Å². The van der Waals surface area contributed by atoms with Crippen molar-refractivity contribution in [1.29, 1.82) is 0 Å². The first-order chi connectivity index (χ1) is 9.79. The van der Waals surface area contributed by atoms with Crippen LogP contribution in [0, 0.1) is 0 Å². The summed E-state index contributed by atoms with van der Waals surface area (Å²) in [4.78, 5) is 2.26. The maximum Gasteiger partial charge on any atom is 0.242 e. The van der Waals surface area contributed by atoms with Crippen LogP contribution < -0.4 is 10.5 Å². The second kappa shape index (κ2) is 6.58. The van der Waals surface area contributed by atoms with Gasteiger partial charge in [0.1, 0.15) is 9.88 Å². The van der Waals surface area contributed by atoms with Crippen molar-refractivity contribution >= 4 is 38.8 Å². The molecule has 1 aromatic rings. The van der Waals surface area contributed by atoms with Crippen molar-refractivity contribution in [1.82, 2.24) is 9.62 Å². The number of hydrogen-bond acceptors (Lipinski definition) is 4. The first-order valence-corrected chi connectivity index (χ1v) is 8.87. The zero-order chi connectivity index (χ0) is 15.6. The summed E-state index contributed by atoms with van der Waals surface area (Å²) in [5.41, 5.74) is 6.03. The van der Waals surface area contributed by atoms with Crippen molar-refractivity contribution < 1.29 is 8.42 Å². The molecule has 1 atom stereocenters. The largest absolute Gasteiger partial charge is 0.389 e. The van der Waals surface area contributed by atoms with Gasteiger partial charge in [-0.25, -0.2) is 13.1 Å². The molecule has 1 heterocycles. The molecule has 0 spiro atoms. The Morgan fingerprint density at radius 3 is 2.86 bits per heavy atom. The molecule has 1 unspecified atom stereocenters. The number of likely N-dealkylation sites (tertiary alicyclic amines) is 1. The normalized spacial score (nSPS) is 20.4. The van der Waals surface area contributed by atoms with Gasteiger partial charge in [-0.1, -0.05) is 29.9 Å². The fourth-order valence-corrected chi connectivity index (χ4v) is 4.32. The molecule has 0 amide bonds. The molecule has 1 fully saturated rings.